The van der Waals surface area contributed by atoms with Crippen molar-refractivity contribution in [1.29, 1.82) is 0 Å². The lowest BCUT2D eigenvalue weighted by atomic mass is 10.0. The maximum absolute atomic E-state index is 9.43. The quantitative estimate of drug-likeness (QED) is 0.589. The second-order valence-electron chi connectivity index (χ2n) is 3.66. The van der Waals surface area contributed by atoms with Crippen molar-refractivity contribution >= 4 is 0 Å². The van der Waals surface area contributed by atoms with Crippen molar-refractivity contribution in [3.05, 3.63) is 0 Å². The van der Waals surface area contributed by atoms with Gasteiger partial charge < -0.3 is 5.11 Å². The van der Waals surface area contributed by atoms with Crippen LogP contribution in [-0.4, -0.2) is 11.2 Å². The highest BCUT2D eigenvalue weighted by atomic mass is 16.3. The molecule has 68 valence electrons. The van der Waals surface area contributed by atoms with Crippen molar-refractivity contribution < 1.29 is 5.11 Å². The van der Waals surface area contributed by atoms with E-state index >= 15 is 0 Å². The lowest BCUT2D eigenvalue weighted by Crippen LogP contribution is -2.13. The molecule has 0 aromatic carbocycles. The van der Waals surface area contributed by atoms with Crippen LogP contribution in [0.4, 0.5) is 0 Å². The minimum absolute atomic E-state index is 0.0770. The molecule has 0 aliphatic heterocycles. The Labute approximate surface area is 70.8 Å². The third-order valence-corrected chi connectivity index (χ3v) is 2.12. The first-order valence-electron chi connectivity index (χ1n) is 4.86. The molecule has 0 fully saturated rings. The average molecular weight is 158 g/mol. The average Bonchev–Trinajstić information content (AvgIpc) is 1.97. The molecule has 0 saturated carbocycles. The van der Waals surface area contributed by atoms with Crippen LogP contribution in [0, 0.1) is 5.92 Å². The topological polar surface area (TPSA) is 20.2 Å². The number of aliphatic hydroxyl groups excluding tert-OH is 1. The molecule has 0 radical (unpaired) electrons. The van der Waals surface area contributed by atoms with Crippen LogP contribution in [0.1, 0.15) is 52.9 Å². The normalized spacial score (nSPS) is 13.9. The van der Waals surface area contributed by atoms with Gasteiger partial charge in [0.25, 0.3) is 0 Å². The van der Waals surface area contributed by atoms with E-state index in [0.29, 0.717) is 5.92 Å². The Morgan fingerprint density at radius 3 is 2.18 bits per heavy atom. The third-order valence-electron chi connectivity index (χ3n) is 2.12. The fourth-order valence-electron chi connectivity index (χ4n) is 1.11. The first-order valence-corrected chi connectivity index (χ1v) is 4.86. The number of aliphatic hydroxyl groups is 1. The SMILES string of the molecule is CCCCCC[C@H](O)C(C)C. The summed E-state index contributed by atoms with van der Waals surface area (Å²) >= 11 is 0. The van der Waals surface area contributed by atoms with Crippen LogP contribution in [0.3, 0.4) is 0 Å². The smallest absolute Gasteiger partial charge is 0.0563 e. The summed E-state index contributed by atoms with van der Waals surface area (Å²) in [4.78, 5) is 0. The molecular formula is C10H22O. The maximum Gasteiger partial charge on any atom is 0.0563 e. The van der Waals surface area contributed by atoms with Gasteiger partial charge >= 0.3 is 0 Å². The Morgan fingerprint density at radius 1 is 1.09 bits per heavy atom. The maximum atomic E-state index is 9.43. The monoisotopic (exact) mass is 158 g/mol. The molecule has 0 saturated heterocycles. The molecule has 0 heterocycles. The van der Waals surface area contributed by atoms with Crippen molar-refractivity contribution in [3.63, 3.8) is 0 Å². The highest BCUT2D eigenvalue weighted by molar-refractivity contribution is 4.59. The second-order valence-corrected chi connectivity index (χ2v) is 3.66. The van der Waals surface area contributed by atoms with E-state index in [4.69, 9.17) is 0 Å². The summed E-state index contributed by atoms with van der Waals surface area (Å²) < 4.78 is 0. The molecule has 1 heteroatoms. The van der Waals surface area contributed by atoms with E-state index < -0.39 is 0 Å². The predicted octanol–water partition coefficient (Wildman–Crippen LogP) is 2.97. The summed E-state index contributed by atoms with van der Waals surface area (Å²) in [7, 11) is 0. The highest BCUT2D eigenvalue weighted by Crippen LogP contribution is 2.11. The molecule has 0 unspecified atom stereocenters. The van der Waals surface area contributed by atoms with Gasteiger partial charge in [-0.3, -0.25) is 0 Å². The van der Waals surface area contributed by atoms with Crippen LogP contribution in [0.2, 0.25) is 0 Å². The third kappa shape index (κ3) is 6.36. The van der Waals surface area contributed by atoms with Crippen LogP contribution in [-0.2, 0) is 0 Å². The molecule has 0 aromatic rings. The van der Waals surface area contributed by atoms with Crippen molar-refractivity contribution in [2.24, 2.45) is 5.92 Å². The van der Waals surface area contributed by atoms with E-state index in [1.807, 2.05) is 0 Å². The lowest BCUT2D eigenvalue weighted by Gasteiger charge is -2.13. The minimum Gasteiger partial charge on any atom is -0.393 e. The van der Waals surface area contributed by atoms with Crippen LogP contribution in [0.25, 0.3) is 0 Å². The number of unbranched alkanes of at least 4 members (excludes halogenated alkanes) is 3. The summed E-state index contributed by atoms with van der Waals surface area (Å²) in [6.07, 6.45) is 5.96. The zero-order valence-electron chi connectivity index (χ0n) is 8.14. The summed E-state index contributed by atoms with van der Waals surface area (Å²) in [5.74, 6) is 0.427. The Balaban J connectivity index is 3.10. The van der Waals surface area contributed by atoms with Crippen molar-refractivity contribution in [2.45, 2.75) is 59.0 Å². The number of hydrogen-bond acceptors (Lipinski definition) is 1. The van der Waals surface area contributed by atoms with Crippen LogP contribution < -0.4 is 0 Å². The lowest BCUT2D eigenvalue weighted by molar-refractivity contribution is 0.113. The van der Waals surface area contributed by atoms with Crippen molar-refractivity contribution in [3.8, 4) is 0 Å². The van der Waals surface area contributed by atoms with E-state index in [1.165, 1.54) is 25.7 Å². The Kier molecular flexibility index (Phi) is 6.63. The fraction of sp³-hybridized carbons (Fsp3) is 1.00. The van der Waals surface area contributed by atoms with Gasteiger partial charge in [-0.1, -0.05) is 46.5 Å². The molecule has 0 aliphatic carbocycles. The highest BCUT2D eigenvalue weighted by Gasteiger charge is 2.07. The van der Waals surface area contributed by atoms with Gasteiger partial charge in [-0.15, -0.1) is 0 Å². The predicted molar refractivity (Wildman–Crippen MR) is 49.6 cm³/mol. The number of hydrogen-bond donors (Lipinski definition) is 1. The molecule has 0 aromatic heterocycles. The largest absolute Gasteiger partial charge is 0.393 e. The zero-order valence-corrected chi connectivity index (χ0v) is 8.14. The van der Waals surface area contributed by atoms with Crippen LogP contribution >= 0.6 is 0 Å². The molecule has 1 N–H and O–H groups in total. The van der Waals surface area contributed by atoms with E-state index in [-0.39, 0.29) is 6.10 Å². The van der Waals surface area contributed by atoms with Gasteiger partial charge in [-0.25, -0.2) is 0 Å². The molecule has 1 nitrogen and oxygen atoms in total. The van der Waals surface area contributed by atoms with Gasteiger partial charge in [0.2, 0.25) is 0 Å². The molecule has 11 heavy (non-hydrogen) atoms. The Bertz CT molecular complexity index is 78.9. The Hall–Kier alpha value is -0.0400. The van der Waals surface area contributed by atoms with Gasteiger partial charge in [0.1, 0.15) is 0 Å². The molecule has 0 aliphatic rings. The summed E-state index contributed by atoms with van der Waals surface area (Å²) in [6, 6.07) is 0. The van der Waals surface area contributed by atoms with Gasteiger partial charge in [0, 0.05) is 0 Å². The molecule has 0 spiro atoms. The van der Waals surface area contributed by atoms with Gasteiger partial charge in [0.15, 0.2) is 0 Å². The second kappa shape index (κ2) is 6.66. The molecular weight excluding hydrogens is 136 g/mol. The standard InChI is InChI=1S/C10H22O/c1-4-5-6-7-8-10(11)9(2)3/h9-11H,4-8H2,1-3H3/t10-/m0/s1. The number of rotatable bonds is 6. The zero-order chi connectivity index (χ0) is 8.69. The van der Waals surface area contributed by atoms with Crippen LogP contribution in [0.15, 0.2) is 0 Å². The first kappa shape index (κ1) is 11.0. The summed E-state index contributed by atoms with van der Waals surface area (Å²) in [6.45, 7) is 6.36. The summed E-state index contributed by atoms with van der Waals surface area (Å²) in [5, 5.41) is 9.43. The van der Waals surface area contributed by atoms with E-state index in [1.54, 1.807) is 0 Å². The van der Waals surface area contributed by atoms with E-state index in [9.17, 15) is 5.11 Å². The summed E-state index contributed by atoms with van der Waals surface area (Å²) in [5.41, 5.74) is 0. The van der Waals surface area contributed by atoms with Gasteiger partial charge in [-0.2, -0.15) is 0 Å². The Morgan fingerprint density at radius 2 is 1.73 bits per heavy atom. The van der Waals surface area contributed by atoms with Crippen molar-refractivity contribution in [2.75, 3.05) is 0 Å². The van der Waals surface area contributed by atoms with E-state index in [0.717, 1.165) is 6.42 Å². The molecule has 1 atom stereocenters. The van der Waals surface area contributed by atoms with Crippen LogP contribution in [0.5, 0.6) is 0 Å². The minimum atomic E-state index is -0.0770. The molecule has 0 bridgehead atoms. The van der Waals surface area contributed by atoms with Gasteiger partial charge in [-0.05, 0) is 12.3 Å². The van der Waals surface area contributed by atoms with E-state index in [2.05, 4.69) is 20.8 Å². The van der Waals surface area contributed by atoms with Crippen molar-refractivity contribution in [1.82, 2.24) is 0 Å². The fourth-order valence-corrected chi connectivity index (χ4v) is 1.11. The van der Waals surface area contributed by atoms with Gasteiger partial charge in [0.05, 0.1) is 6.10 Å². The molecule has 0 amide bonds. The first-order chi connectivity index (χ1) is 5.18. The molecule has 0 rings (SSSR count).